The fourth-order valence-corrected chi connectivity index (χ4v) is 4.32. The van der Waals surface area contributed by atoms with Crippen molar-refractivity contribution in [3.8, 4) is 0 Å². The maximum absolute atomic E-state index is 5.68. The van der Waals surface area contributed by atoms with Gasteiger partial charge in [0, 0.05) is 38.2 Å². The molecule has 1 fully saturated rings. The minimum Gasteiger partial charge on any atom is -0.379 e. The van der Waals surface area contributed by atoms with Crippen molar-refractivity contribution in [3.63, 3.8) is 0 Å². The quantitative estimate of drug-likeness (QED) is 0.486. The summed E-state index contributed by atoms with van der Waals surface area (Å²) in [7, 11) is 1.74. The standard InChI is InChI=1S/C22H32N4O2S/c1-3-23-22(25-17-20(27-2)18-8-5-4-6-9-18)24-16-19(21-10-7-15-29-21)26-11-13-28-14-12-26/h4-10,15,19-20H,3,11-14,16-17H2,1-2H3,(H2,23,24,25). The highest BCUT2D eigenvalue weighted by Gasteiger charge is 2.23. The number of hydrogen-bond acceptors (Lipinski definition) is 5. The molecule has 6 nitrogen and oxygen atoms in total. The van der Waals surface area contributed by atoms with Gasteiger partial charge in [0.25, 0.3) is 0 Å². The van der Waals surface area contributed by atoms with Gasteiger partial charge in [-0.2, -0.15) is 0 Å². The first-order valence-corrected chi connectivity index (χ1v) is 11.1. The molecule has 2 aromatic rings. The summed E-state index contributed by atoms with van der Waals surface area (Å²) < 4.78 is 11.2. The lowest BCUT2D eigenvalue weighted by atomic mass is 10.1. The van der Waals surface area contributed by atoms with Gasteiger partial charge in [0.1, 0.15) is 0 Å². The van der Waals surface area contributed by atoms with Crippen LogP contribution in [0.2, 0.25) is 0 Å². The van der Waals surface area contributed by atoms with Gasteiger partial charge in [0.15, 0.2) is 5.96 Å². The zero-order valence-electron chi connectivity index (χ0n) is 17.3. The highest BCUT2D eigenvalue weighted by atomic mass is 32.1. The number of benzene rings is 1. The Morgan fingerprint density at radius 2 is 1.97 bits per heavy atom. The van der Waals surface area contributed by atoms with Crippen molar-refractivity contribution in [2.45, 2.75) is 19.1 Å². The molecule has 2 heterocycles. The Labute approximate surface area is 177 Å². The zero-order chi connectivity index (χ0) is 20.3. The van der Waals surface area contributed by atoms with Crippen LogP contribution in [0.25, 0.3) is 0 Å². The topological polar surface area (TPSA) is 58.1 Å². The zero-order valence-corrected chi connectivity index (χ0v) is 18.2. The molecule has 0 radical (unpaired) electrons. The van der Waals surface area contributed by atoms with Crippen LogP contribution in [0.3, 0.4) is 0 Å². The Bertz CT molecular complexity index is 718. The number of nitrogens with one attached hydrogen (secondary N) is 2. The molecular formula is C22H32N4O2S. The summed E-state index contributed by atoms with van der Waals surface area (Å²) in [6.07, 6.45) is -0.0209. The van der Waals surface area contributed by atoms with E-state index < -0.39 is 0 Å². The van der Waals surface area contributed by atoms with Gasteiger partial charge < -0.3 is 20.1 Å². The Kier molecular flexibility index (Phi) is 8.95. The minimum atomic E-state index is -0.0209. The second-order valence-corrected chi connectivity index (χ2v) is 7.89. The van der Waals surface area contributed by atoms with E-state index in [1.807, 2.05) is 18.2 Å². The molecule has 158 valence electrons. The third kappa shape index (κ3) is 6.54. The predicted octanol–water partition coefficient (Wildman–Crippen LogP) is 3.06. The maximum atomic E-state index is 5.68. The number of nitrogens with zero attached hydrogens (tertiary/aromatic N) is 2. The summed E-state index contributed by atoms with van der Waals surface area (Å²) in [6.45, 7) is 7.74. The third-order valence-electron chi connectivity index (χ3n) is 5.04. The normalized spacial score (nSPS) is 17.7. The molecule has 0 spiro atoms. The fraction of sp³-hybridized carbons (Fsp3) is 0.500. The van der Waals surface area contributed by atoms with E-state index in [2.05, 4.69) is 52.1 Å². The monoisotopic (exact) mass is 416 g/mol. The van der Waals surface area contributed by atoms with Gasteiger partial charge in [0.2, 0.25) is 0 Å². The summed E-state index contributed by atoms with van der Waals surface area (Å²) in [5.74, 6) is 0.820. The molecule has 1 saturated heterocycles. The summed E-state index contributed by atoms with van der Waals surface area (Å²) in [5, 5.41) is 8.95. The van der Waals surface area contributed by atoms with Gasteiger partial charge in [-0.05, 0) is 23.9 Å². The van der Waals surface area contributed by atoms with Gasteiger partial charge in [0.05, 0.1) is 31.9 Å². The van der Waals surface area contributed by atoms with E-state index >= 15 is 0 Å². The van der Waals surface area contributed by atoms with E-state index in [4.69, 9.17) is 14.5 Å². The average molecular weight is 417 g/mol. The number of rotatable bonds is 9. The van der Waals surface area contributed by atoms with E-state index in [1.165, 1.54) is 4.88 Å². The van der Waals surface area contributed by atoms with Crippen molar-refractivity contribution in [3.05, 3.63) is 58.3 Å². The van der Waals surface area contributed by atoms with Crippen LogP contribution in [0, 0.1) is 0 Å². The maximum Gasteiger partial charge on any atom is 0.191 e. The molecule has 1 aliphatic heterocycles. The summed E-state index contributed by atoms with van der Waals surface area (Å²) in [5.41, 5.74) is 1.16. The summed E-state index contributed by atoms with van der Waals surface area (Å²) in [4.78, 5) is 8.74. The molecule has 0 aliphatic carbocycles. The van der Waals surface area contributed by atoms with Crippen molar-refractivity contribution < 1.29 is 9.47 Å². The lowest BCUT2D eigenvalue weighted by Crippen LogP contribution is -2.42. The third-order valence-corrected chi connectivity index (χ3v) is 6.01. The SMILES string of the molecule is CCNC(=NCC(c1cccs1)N1CCOCC1)NCC(OC)c1ccccc1. The van der Waals surface area contributed by atoms with Gasteiger partial charge in [-0.3, -0.25) is 9.89 Å². The highest BCUT2D eigenvalue weighted by Crippen LogP contribution is 2.26. The number of ether oxygens (including phenoxy) is 2. The van der Waals surface area contributed by atoms with Crippen LogP contribution in [0.4, 0.5) is 0 Å². The first-order valence-electron chi connectivity index (χ1n) is 10.3. The second-order valence-electron chi connectivity index (χ2n) is 6.92. The molecule has 2 unspecified atom stereocenters. The van der Waals surface area contributed by atoms with Gasteiger partial charge in [-0.15, -0.1) is 11.3 Å². The largest absolute Gasteiger partial charge is 0.379 e. The molecule has 0 saturated carbocycles. The van der Waals surface area contributed by atoms with E-state index in [0.29, 0.717) is 13.1 Å². The van der Waals surface area contributed by atoms with Crippen LogP contribution >= 0.6 is 11.3 Å². The van der Waals surface area contributed by atoms with E-state index in [0.717, 1.165) is 44.4 Å². The van der Waals surface area contributed by atoms with Crippen LogP contribution in [-0.4, -0.2) is 63.9 Å². The number of thiophene rings is 1. The first-order chi connectivity index (χ1) is 14.3. The van der Waals surface area contributed by atoms with Gasteiger partial charge in [-0.25, -0.2) is 0 Å². The van der Waals surface area contributed by atoms with Crippen molar-refractivity contribution in [2.75, 3.05) is 53.0 Å². The Balaban J connectivity index is 1.66. The van der Waals surface area contributed by atoms with Crippen LogP contribution in [-0.2, 0) is 9.47 Å². The second kappa shape index (κ2) is 11.9. The molecule has 0 bridgehead atoms. The molecule has 1 aromatic carbocycles. The average Bonchev–Trinajstić information content (AvgIpc) is 3.30. The molecule has 2 atom stereocenters. The number of hydrogen-bond donors (Lipinski definition) is 2. The fourth-order valence-electron chi connectivity index (χ4n) is 3.47. The van der Waals surface area contributed by atoms with Crippen LogP contribution in [0.15, 0.2) is 52.8 Å². The van der Waals surface area contributed by atoms with Gasteiger partial charge in [-0.1, -0.05) is 36.4 Å². The van der Waals surface area contributed by atoms with Crippen molar-refractivity contribution in [2.24, 2.45) is 4.99 Å². The van der Waals surface area contributed by atoms with Crippen LogP contribution in [0.1, 0.15) is 29.5 Å². The van der Waals surface area contributed by atoms with E-state index in [-0.39, 0.29) is 12.1 Å². The van der Waals surface area contributed by atoms with Gasteiger partial charge >= 0.3 is 0 Å². The van der Waals surface area contributed by atoms with Crippen molar-refractivity contribution in [1.29, 1.82) is 0 Å². The number of methoxy groups -OCH3 is 1. The lowest BCUT2D eigenvalue weighted by Gasteiger charge is -2.33. The van der Waals surface area contributed by atoms with Crippen molar-refractivity contribution in [1.82, 2.24) is 15.5 Å². The molecule has 2 N–H and O–H groups in total. The van der Waals surface area contributed by atoms with Crippen molar-refractivity contribution >= 4 is 17.3 Å². The summed E-state index contributed by atoms with van der Waals surface area (Å²) >= 11 is 1.80. The molecular weight excluding hydrogens is 384 g/mol. The number of morpholine rings is 1. The van der Waals surface area contributed by atoms with Crippen LogP contribution in [0.5, 0.6) is 0 Å². The Hall–Kier alpha value is -1.93. The Morgan fingerprint density at radius 1 is 1.17 bits per heavy atom. The first kappa shape index (κ1) is 21.8. The molecule has 0 amide bonds. The number of guanidine groups is 1. The highest BCUT2D eigenvalue weighted by molar-refractivity contribution is 7.10. The molecule has 3 rings (SSSR count). The number of aliphatic imine (C=N–C) groups is 1. The molecule has 29 heavy (non-hydrogen) atoms. The summed E-state index contributed by atoms with van der Waals surface area (Å²) in [6, 6.07) is 14.9. The minimum absolute atomic E-state index is 0.0209. The van der Waals surface area contributed by atoms with E-state index in [9.17, 15) is 0 Å². The smallest absolute Gasteiger partial charge is 0.191 e. The van der Waals surface area contributed by atoms with Crippen LogP contribution < -0.4 is 10.6 Å². The predicted molar refractivity (Wildman–Crippen MR) is 120 cm³/mol. The van der Waals surface area contributed by atoms with E-state index in [1.54, 1.807) is 18.4 Å². The Morgan fingerprint density at radius 3 is 2.62 bits per heavy atom. The molecule has 1 aromatic heterocycles. The molecule has 1 aliphatic rings. The molecule has 7 heteroatoms. The lowest BCUT2D eigenvalue weighted by molar-refractivity contribution is 0.0186.